The Labute approximate surface area is 68.3 Å². The lowest BCUT2D eigenvalue weighted by molar-refractivity contribution is 0.664. The summed E-state index contributed by atoms with van der Waals surface area (Å²) in [6, 6.07) is 10.8. The van der Waals surface area contributed by atoms with Crippen LogP contribution in [0.2, 0.25) is 0 Å². The van der Waals surface area contributed by atoms with Crippen molar-refractivity contribution in [1.29, 1.82) is 0 Å². The topological polar surface area (TPSA) is 0 Å². The summed E-state index contributed by atoms with van der Waals surface area (Å²) in [4.78, 5) is 0. The molecular weight excluding hydrogens is 132 g/mol. The molecule has 0 N–H and O–H groups in total. The largest absolute Gasteiger partial charge is 0.0622 e. The van der Waals surface area contributed by atoms with E-state index in [4.69, 9.17) is 0 Å². The number of hydrogen-bond acceptors (Lipinski definition) is 0. The second kappa shape index (κ2) is 2.69. The highest BCUT2D eigenvalue weighted by molar-refractivity contribution is 5.20. The zero-order valence-corrected chi connectivity index (χ0v) is 6.96. The van der Waals surface area contributed by atoms with Crippen LogP contribution in [0.4, 0.5) is 0 Å². The standard InChI is InChI=1S/C11H14/c1-9(11-7-8-11)10-5-3-2-4-6-10/h2-6,9,11H,7-8H2,1H3/t9-/m0/s1. The maximum atomic E-state index is 2.34. The second-order valence-corrected chi connectivity index (χ2v) is 3.54. The van der Waals surface area contributed by atoms with Gasteiger partial charge in [-0.1, -0.05) is 37.3 Å². The fourth-order valence-electron chi connectivity index (χ4n) is 1.62. The average molecular weight is 146 g/mol. The molecule has 1 aliphatic rings. The first-order valence-electron chi connectivity index (χ1n) is 4.43. The molecule has 0 heteroatoms. The number of benzene rings is 1. The summed E-state index contributed by atoms with van der Waals surface area (Å²) in [7, 11) is 0. The SMILES string of the molecule is C[C@@H](c1ccccc1)C1CC1. The predicted octanol–water partition coefficient (Wildman–Crippen LogP) is 3.20. The van der Waals surface area contributed by atoms with Gasteiger partial charge >= 0.3 is 0 Å². The first kappa shape index (κ1) is 6.90. The molecule has 11 heavy (non-hydrogen) atoms. The Hall–Kier alpha value is -0.780. The maximum Gasteiger partial charge on any atom is -0.0162 e. The zero-order chi connectivity index (χ0) is 7.68. The van der Waals surface area contributed by atoms with Gasteiger partial charge in [-0.25, -0.2) is 0 Å². The molecule has 0 amide bonds. The molecule has 0 heterocycles. The minimum absolute atomic E-state index is 0.788. The van der Waals surface area contributed by atoms with Crippen LogP contribution in [-0.4, -0.2) is 0 Å². The number of hydrogen-bond donors (Lipinski definition) is 0. The van der Waals surface area contributed by atoms with Crippen molar-refractivity contribution >= 4 is 0 Å². The van der Waals surface area contributed by atoms with E-state index in [1.54, 1.807) is 0 Å². The van der Waals surface area contributed by atoms with Crippen LogP contribution < -0.4 is 0 Å². The lowest BCUT2D eigenvalue weighted by Gasteiger charge is -2.08. The van der Waals surface area contributed by atoms with E-state index in [-0.39, 0.29) is 0 Å². The van der Waals surface area contributed by atoms with E-state index in [9.17, 15) is 0 Å². The highest BCUT2D eigenvalue weighted by Gasteiger charge is 2.28. The molecule has 0 unspecified atom stereocenters. The Kier molecular flexibility index (Phi) is 1.69. The molecule has 1 atom stereocenters. The molecule has 2 rings (SSSR count). The van der Waals surface area contributed by atoms with Gasteiger partial charge < -0.3 is 0 Å². The Morgan fingerprint density at radius 3 is 2.36 bits per heavy atom. The molecule has 1 aromatic carbocycles. The van der Waals surface area contributed by atoms with E-state index in [1.165, 1.54) is 18.4 Å². The highest BCUT2D eigenvalue weighted by Crippen LogP contribution is 2.41. The molecule has 1 aliphatic carbocycles. The van der Waals surface area contributed by atoms with Gasteiger partial charge in [0, 0.05) is 0 Å². The lowest BCUT2D eigenvalue weighted by Crippen LogP contribution is -1.93. The third-order valence-corrected chi connectivity index (χ3v) is 2.65. The molecule has 0 aliphatic heterocycles. The minimum Gasteiger partial charge on any atom is -0.0622 e. The summed E-state index contributed by atoms with van der Waals surface area (Å²) in [5.74, 6) is 1.77. The third-order valence-electron chi connectivity index (χ3n) is 2.65. The summed E-state index contributed by atoms with van der Waals surface area (Å²) in [5, 5.41) is 0. The van der Waals surface area contributed by atoms with Crippen LogP contribution in [0.15, 0.2) is 30.3 Å². The normalized spacial score (nSPS) is 19.7. The van der Waals surface area contributed by atoms with E-state index in [1.807, 2.05) is 0 Å². The molecule has 0 radical (unpaired) electrons. The molecule has 1 aromatic rings. The van der Waals surface area contributed by atoms with Crippen LogP contribution in [-0.2, 0) is 0 Å². The van der Waals surface area contributed by atoms with Crippen molar-refractivity contribution in [3.05, 3.63) is 35.9 Å². The molecule has 1 saturated carbocycles. The fraction of sp³-hybridized carbons (Fsp3) is 0.455. The summed E-state index contributed by atoms with van der Waals surface area (Å²) in [5.41, 5.74) is 1.51. The van der Waals surface area contributed by atoms with E-state index >= 15 is 0 Å². The molecule has 0 spiro atoms. The Morgan fingerprint density at radius 2 is 1.82 bits per heavy atom. The molecule has 0 bridgehead atoms. The van der Waals surface area contributed by atoms with Gasteiger partial charge in [0.05, 0.1) is 0 Å². The van der Waals surface area contributed by atoms with Gasteiger partial charge in [-0.05, 0) is 30.2 Å². The molecule has 0 aromatic heterocycles. The van der Waals surface area contributed by atoms with Crippen LogP contribution in [0.25, 0.3) is 0 Å². The average Bonchev–Trinajstić information content (AvgIpc) is 2.87. The van der Waals surface area contributed by atoms with Crippen LogP contribution in [0, 0.1) is 5.92 Å². The van der Waals surface area contributed by atoms with E-state index < -0.39 is 0 Å². The van der Waals surface area contributed by atoms with E-state index in [0.717, 1.165) is 11.8 Å². The van der Waals surface area contributed by atoms with Crippen molar-refractivity contribution in [3.8, 4) is 0 Å². The predicted molar refractivity (Wildman–Crippen MR) is 47.6 cm³/mol. The summed E-state index contributed by atoms with van der Waals surface area (Å²) >= 11 is 0. The van der Waals surface area contributed by atoms with E-state index in [2.05, 4.69) is 37.3 Å². The quantitative estimate of drug-likeness (QED) is 0.601. The van der Waals surface area contributed by atoms with Crippen molar-refractivity contribution in [2.45, 2.75) is 25.7 Å². The van der Waals surface area contributed by atoms with Crippen molar-refractivity contribution in [3.63, 3.8) is 0 Å². The van der Waals surface area contributed by atoms with Crippen molar-refractivity contribution in [1.82, 2.24) is 0 Å². The fourth-order valence-corrected chi connectivity index (χ4v) is 1.62. The highest BCUT2D eigenvalue weighted by atomic mass is 14.3. The van der Waals surface area contributed by atoms with Crippen LogP contribution in [0.1, 0.15) is 31.2 Å². The van der Waals surface area contributed by atoms with Gasteiger partial charge in [0.25, 0.3) is 0 Å². The van der Waals surface area contributed by atoms with Crippen LogP contribution in [0.3, 0.4) is 0 Å². The molecule has 0 nitrogen and oxygen atoms in total. The third kappa shape index (κ3) is 1.45. The van der Waals surface area contributed by atoms with Gasteiger partial charge in [0.15, 0.2) is 0 Å². The monoisotopic (exact) mass is 146 g/mol. The molecule has 1 fully saturated rings. The smallest absolute Gasteiger partial charge is 0.0162 e. The van der Waals surface area contributed by atoms with Crippen LogP contribution >= 0.6 is 0 Å². The molecule has 58 valence electrons. The van der Waals surface area contributed by atoms with Crippen molar-refractivity contribution in [2.75, 3.05) is 0 Å². The van der Waals surface area contributed by atoms with Gasteiger partial charge in [0.1, 0.15) is 0 Å². The number of rotatable bonds is 2. The summed E-state index contributed by atoms with van der Waals surface area (Å²) in [6.07, 6.45) is 2.88. The van der Waals surface area contributed by atoms with Crippen molar-refractivity contribution in [2.24, 2.45) is 5.92 Å². The lowest BCUT2D eigenvalue weighted by atomic mass is 9.97. The maximum absolute atomic E-state index is 2.34. The van der Waals surface area contributed by atoms with E-state index in [0.29, 0.717) is 0 Å². The first-order valence-corrected chi connectivity index (χ1v) is 4.43. The first-order chi connectivity index (χ1) is 5.38. The Morgan fingerprint density at radius 1 is 1.18 bits per heavy atom. The van der Waals surface area contributed by atoms with Crippen LogP contribution in [0.5, 0.6) is 0 Å². The second-order valence-electron chi connectivity index (χ2n) is 3.54. The van der Waals surface area contributed by atoms with Gasteiger partial charge in [-0.3, -0.25) is 0 Å². The Balaban J connectivity index is 2.15. The zero-order valence-electron chi connectivity index (χ0n) is 6.96. The molecular formula is C11H14. The van der Waals surface area contributed by atoms with Crippen molar-refractivity contribution < 1.29 is 0 Å². The molecule has 0 saturated heterocycles. The van der Waals surface area contributed by atoms with Gasteiger partial charge in [0.2, 0.25) is 0 Å². The van der Waals surface area contributed by atoms with Gasteiger partial charge in [-0.2, -0.15) is 0 Å². The minimum atomic E-state index is 0.788. The summed E-state index contributed by atoms with van der Waals surface area (Å²) < 4.78 is 0. The summed E-state index contributed by atoms with van der Waals surface area (Å²) in [6.45, 7) is 2.34. The Bertz CT molecular complexity index is 221. The van der Waals surface area contributed by atoms with Gasteiger partial charge in [-0.15, -0.1) is 0 Å².